The molecule has 104 valence electrons. The van der Waals surface area contributed by atoms with Crippen molar-refractivity contribution in [3.05, 3.63) is 29.8 Å². The summed E-state index contributed by atoms with van der Waals surface area (Å²) >= 11 is 0. The SMILES string of the molecule is Cc1ccccc1S(=O)(=O)ON=C1N(C)CCN1C. The third kappa shape index (κ3) is 2.81. The standard InChI is InChI=1S/C12H17N3O3S/c1-10-6-4-5-7-11(10)19(16,17)18-13-12-14(2)8-9-15(12)3/h4-7H,8-9H2,1-3H3. The van der Waals surface area contributed by atoms with Crippen LogP contribution in [0.15, 0.2) is 34.3 Å². The number of nitrogens with zero attached hydrogens (tertiary/aromatic N) is 3. The summed E-state index contributed by atoms with van der Waals surface area (Å²) in [5, 5.41) is 3.75. The molecule has 1 aromatic rings. The lowest BCUT2D eigenvalue weighted by Gasteiger charge is -2.14. The summed E-state index contributed by atoms with van der Waals surface area (Å²) in [6.45, 7) is 3.31. The molecule has 1 saturated heterocycles. The molecule has 0 saturated carbocycles. The van der Waals surface area contributed by atoms with Crippen LogP contribution < -0.4 is 0 Å². The molecule has 0 radical (unpaired) electrons. The fourth-order valence-corrected chi connectivity index (χ4v) is 2.84. The van der Waals surface area contributed by atoms with E-state index in [1.165, 1.54) is 6.07 Å². The van der Waals surface area contributed by atoms with Crippen LogP contribution in [-0.2, 0) is 14.4 Å². The highest BCUT2D eigenvalue weighted by atomic mass is 32.2. The smallest absolute Gasteiger partial charge is 0.341 e. The number of hydrogen-bond donors (Lipinski definition) is 0. The molecule has 1 aliphatic heterocycles. The van der Waals surface area contributed by atoms with Crippen LogP contribution in [0.5, 0.6) is 0 Å². The van der Waals surface area contributed by atoms with Gasteiger partial charge in [0, 0.05) is 27.2 Å². The van der Waals surface area contributed by atoms with Crippen LogP contribution in [0.3, 0.4) is 0 Å². The Morgan fingerprint density at radius 3 is 2.32 bits per heavy atom. The largest absolute Gasteiger partial charge is 0.358 e. The molecule has 0 atom stereocenters. The molecule has 0 aliphatic carbocycles. The van der Waals surface area contributed by atoms with Gasteiger partial charge in [-0.2, -0.15) is 8.42 Å². The van der Waals surface area contributed by atoms with E-state index in [-0.39, 0.29) is 4.90 Å². The molecule has 0 spiro atoms. The van der Waals surface area contributed by atoms with E-state index in [2.05, 4.69) is 5.16 Å². The van der Waals surface area contributed by atoms with Crippen molar-refractivity contribution in [2.75, 3.05) is 27.2 Å². The zero-order valence-corrected chi connectivity index (χ0v) is 12.0. The van der Waals surface area contributed by atoms with Crippen molar-refractivity contribution < 1.29 is 12.7 Å². The third-order valence-electron chi connectivity index (χ3n) is 3.03. The van der Waals surface area contributed by atoms with E-state index in [0.717, 1.165) is 13.1 Å². The van der Waals surface area contributed by atoms with Crippen LogP contribution in [-0.4, -0.2) is 51.4 Å². The van der Waals surface area contributed by atoms with Gasteiger partial charge in [-0.05, 0) is 23.7 Å². The molecule has 1 heterocycles. The third-order valence-corrected chi connectivity index (χ3v) is 4.30. The Balaban J connectivity index is 2.24. The van der Waals surface area contributed by atoms with Crippen LogP contribution in [0.2, 0.25) is 0 Å². The van der Waals surface area contributed by atoms with Gasteiger partial charge in [0.2, 0.25) is 5.96 Å². The van der Waals surface area contributed by atoms with Gasteiger partial charge in [-0.1, -0.05) is 18.2 Å². The normalized spacial score (nSPS) is 15.8. The highest BCUT2D eigenvalue weighted by Crippen LogP contribution is 2.17. The number of rotatable bonds is 3. The number of hydrogen-bond acceptors (Lipinski definition) is 4. The van der Waals surface area contributed by atoms with E-state index < -0.39 is 10.1 Å². The van der Waals surface area contributed by atoms with Gasteiger partial charge in [-0.15, -0.1) is 0 Å². The summed E-state index contributed by atoms with van der Waals surface area (Å²) in [6.07, 6.45) is 0. The van der Waals surface area contributed by atoms with Crippen molar-refractivity contribution in [3.63, 3.8) is 0 Å². The van der Waals surface area contributed by atoms with E-state index in [4.69, 9.17) is 4.28 Å². The first kappa shape index (κ1) is 13.7. The van der Waals surface area contributed by atoms with E-state index in [0.29, 0.717) is 11.5 Å². The molecule has 0 unspecified atom stereocenters. The minimum atomic E-state index is -3.87. The second kappa shape index (κ2) is 5.08. The van der Waals surface area contributed by atoms with Crippen molar-refractivity contribution in [2.24, 2.45) is 5.16 Å². The molecule has 0 bridgehead atoms. The van der Waals surface area contributed by atoms with E-state index >= 15 is 0 Å². The maximum Gasteiger partial charge on any atom is 0.358 e. The van der Waals surface area contributed by atoms with E-state index in [1.807, 2.05) is 23.9 Å². The topological polar surface area (TPSA) is 62.2 Å². The number of benzene rings is 1. The number of likely N-dealkylation sites (N-methyl/N-ethyl adjacent to an activating group) is 2. The Morgan fingerprint density at radius 1 is 1.16 bits per heavy atom. The average Bonchev–Trinajstić information content (AvgIpc) is 2.67. The second-order valence-electron chi connectivity index (χ2n) is 4.53. The highest BCUT2D eigenvalue weighted by molar-refractivity contribution is 7.86. The summed E-state index contributed by atoms with van der Waals surface area (Å²) in [5.41, 5.74) is 0.635. The Hall–Kier alpha value is -1.76. The lowest BCUT2D eigenvalue weighted by atomic mass is 10.2. The van der Waals surface area contributed by atoms with Crippen molar-refractivity contribution >= 4 is 16.1 Å². The zero-order valence-electron chi connectivity index (χ0n) is 11.2. The predicted octanol–water partition coefficient (Wildman–Crippen LogP) is 0.849. The summed E-state index contributed by atoms with van der Waals surface area (Å²) in [6, 6.07) is 6.66. The molecule has 0 aromatic heterocycles. The Labute approximate surface area is 113 Å². The summed E-state index contributed by atoms with van der Waals surface area (Å²) in [4.78, 5) is 3.82. The molecule has 2 rings (SSSR count). The molecule has 1 fully saturated rings. The van der Waals surface area contributed by atoms with Gasteiger partial charge in [-0.3, -0.25) is 4.28 Å². The Bertz CT molecular complexity index is 586. The first-order valence-electron chi connectivity index (χ1n) is 5.91. The van der Waals surface area contributed by atoms with Crippen LogP contribution in [0, 0.1) is 6.92 Å². The quantitative estimate of drug-likeness (QED) is 0.770. The van der Waals surface area contributed by atoms with Crippen molar-refractivity contribution in [1.82, 2.24) is 9.80 Å². The molecule has 0 amide bonds. The monoisotopic (exact) mass is 283 g/mol. The lowest BCUT2D eigenvalue weighted by Crippen LogP contribution is -2.28. The minimum Gasteiger partial charge on any atom is -0.341 e. The van der Waals surface area contributed by atoms with Gasteiger partial charge in [0.1, 0.15) is 4.90 Å². The predicted molar refractivity (Wildman–Crippen MR) is 72.1 cm³/mol. The van der Waals surface area contributed by atoms with Crippen molar-refractivity contribution in [3.8, 4) is 0 Å². The van der Waals surface area contributed by atoms with Gasteiger partial charge in [0.05, 0.1) is 0 Å². The van der Waals surface area contributed by atoms with Gasteiger partial charge in [0.15, 0.2) is 0 Å². The molecule has 0 N–H and O–H groups in total. The van der Waals surface area contributed by atoms with Crippen LogP contribution in [0.4, 0.5) is 0 Å². The number of guanidine groups is 1. The van der Waals surface area contributed by atoms with E-state index in [1.54, 1.807) is 25.1 Å². The number of oxime groups is 1. The first-order valence-corrected chi connectivity index (χ1v) is 7.32. The van der Waals surface area contributed by atoms with Crippen LogP contribution in [0.1, 0.15) is 5.56 Å². The van der Waals surface area contributed by atoms with Crippen molar-refractivity contribution in [2.45, 2.75) is 11.8 Å². The van der Waals surface area contributed by atoms with Gasteiger partial charge >= 0.3 is 10.1 Å². The van der Waals surface area contributed by atoms with Gasteiger partial charge in [-0.25, -0.2) is 0 Å². The summed E-state index contributed by atoms with van der Waals surface area (Å²) in [7, 11) is -0.187. The molecule has 1 aliphatic rings. The molecule has 19 heavy (non-hydrogen) atoms. The average molecular weight is 283 g/mol. The van der Waals surface area contributed by atoms with E-state index in [9.17, 15) is 8.42 Å². The zero-order chi connectivity index (χ0) is 14.0. The van der Waals surface area contributed by atoms with Crippen molar-refractivity contribution in [1.29, 1.82) is 0 Å². The lowest BCUT2D eigenvalue weighted by molar-refractivity contribution is 0.323. The van der Waals surface area contributed by atoms with Crippen LogP contribution in [0.25, 0.3) is 0 Å². The minimum absolute atomic E-state index is 0.141. The summed E-state index contributed by atoms with van der Waals surface area (Å²) in [5.74, 6) is 0.511. The first-order chi connectivity index (χ1) is 8.92. The molecular weight excluding hydrogens is 266 g/mol. The number of aryl methyl sites for hydroxylation is 1. The molecular formula is C12H17N3O3S. The maximum atomic E-state index is 12.1. The van der Waals surface area contributed by atoms with Crippen LogP contribution >= 0.6 is 0 Å². The second-order valence-corrected chi connectivity index (χ2v) is 6.03. The highest BCUT2D eigenvalue weighted by Gasteiger charge is 2.23. The fraction of sp³-hybridized carbons (Fsp3) is 0.417. The molecule has 1 aromatic carbocycles. The molecule has 6 nitrogen and oxygen atoms in total. The maximum absolute atomic E-state index is 12.1. The summed E-state index contributed by atoms with van der Waals surface area (Å²) < 4.78 is 28.9. The molecule has 7 heteroatoms. The Morgan fingerprint density at radius 2 is 1.74 bits per heavy atom. The fourth-order valence-electron chi connectivity index (χ4n) is 1.89. The van der Waals surface area contributed by atoms with Gasteiger partial charge in [0.25, 0.3) is 0 Å². The van der Waals surface area contributed by atoms with Gasteiger partial charge < -0.3 is 9.80 Å². The Kier molecular flexibility index (Phi) is 3.66.